The minimum atomic E-state index is -4.56. The van der Waals surface area contributed by atoms with Gasteiger partial charge in [-0.2, -0.15) is 18.3 Å². The van der Waals surface area contributed by atoms with Crippen LogP contribution in [0.3, 0.4) is 0 Å². The molecule has 2 aliphatic carbocycles. The van der Waals surface area contributed by atoms with Gasteiger partial charge in [-0.3, -0.25) is 9.48 Å². The lowest BCUT2D eigenvalue weighted by Gasteiger charge is -2.31. The van der Waals surface area contributed by atoms with Crippen LogP contribution in [-0.2, 0) is 13.2 Å². The topological polar surface area (TPSA) is 71.8 Å². The first-order chi connectivity index (χ1) is 16.2. The Morgan fingerprint density at radius 1 is 1.15 bits per heavy atom. The SMILES string of the molecule is Cn1cc(C(=O)N[C@@H]2CCC[C@H](Nc3cc(C(F)(F)F)nc4ccc(Cl)cc34)C2)c(C2CC2)n1. The van der Waals surface area contributed by atoms with Crippen molar-refractivity contribution in [3.05, 3.63) is 52.4 Å². The fourth-order valence-corrected chi connectivity index (χ4v) is 4.91. The maximum atomic E-state index is 13.4. The molecule has 3 aromatic rings. The molecular formula is C24H25ClF3N5O. The number of hydrogen-bond donors (Lipinski definition) is 2. The normalized spacial score (nSPS) is 21.0. The first kappa shape index (κ1) is 23.0. The van der Waals surface area contributed by atoms with Crippen LogP contribution in [0.1, 0.15) is 66.2 Å². The third kappa shape index (κ3) is 4.85. The van der Waals surface area contributed by atoms with Crippen molar-refractivity contribution in [2.75, 3.05) is 5.32 Å². The van der Waals surface area contributed by atoms with Crippen LogP contribution in [0.25, 0.3) is 10.9 Å². The predicted octanol–water partition coefficient (Wildman–Crippen LogP) is 5.67. The van der Waals surface area contributed by atoms with Gasteiger partial charge >= 0.3 is 6.18 Å². The van der Waals surface area contributed by atoms with Crippen molar-refractivity contribution in [1.82, 2.24) is 20.1 Å². The molecule has 10 heteroatoms. The number of carbonyl (C=O) groups excluding carboxylic acids is 1. The molecule has 2 N–H and O–H groups in total. The molecule has 0 unspecified atom stereocenters. The molecule has 1 amide bonds. The molecule has 0 saturated heterocycles. The average molecular weight is 492 g/mol. The number of aromatic nitrogens is 3. The number of amides is 1. The Morgan fingerprint density at radius 2 is 1.91 bits per heavy atom. The van der Waals surface area contributed by atoms with Crippen molar-refractivity contribution in [1.29, 1.82) is 0 Å². The van der Waals surface area contributed by atoms with E-state index in [-0.39, 0.29) is 23.5 Å². The first-order valence-corrected chi connectivity index (χ1v) is 11.8. The van der Waals surface area contributed by atoms with Gasteiger partial charge in [0.1, 0.15) is 5.69 Å². The number of pyridine rings is 1. The second-order valence-corrected chi connectivity index (χ2v) is 9.70. The van der Waals surface area contributed by atoms with E-state index in [4.69, 9.17) is 11.6 Å². The maximum Gasteiger partial charge on any atom is 0.433 e. The molecule has 2 atom stereocenters. The summed E-state index contributed by atoms with van der Waals surface area (Å²) in [6.07, 6.45) is 2.37. The largest absolute Gasteiger partial charge is 0.433 e. The Kier molecular flexibility index (Phi) is 5.91. The van der Waals surface area contributed by atoms with Crippen molar-refractivity contribution in [3.63, 3.8) is 0 Å². The van der Waals surface area contributed by atoms with Gasteiger partial charge in [0, 0.05) is 47.3 Å². The summed E-state index contributed by atoms with van der Waals surface area (Å²) in [5, 5.41) is 11.8. The van der Waals surface area contributed by atoms with Crippen molar-refractivity contribution < 1.29 is 18.0 Å². The van der Waals surface area contributed by atoms with Gasteiger partial charge in [0.25, 0.3) is 5.91 Å². The van der Waals surface area contributed by atoms with E-state index in [1.165, 1.54) is 12.1 Å². The number of fused-ring (bicyclic) bond motifs is 1. The van der Waals surface area contributed by atoms with E-state index in [1.807, 2.05) is 7.05 Å². The Morgan fingerprint density at radius 3 is 2.65 bits per heavy atom. The smallest absolute Gasteiger partial charge is 0.382 e. The molecule has 0 spiro atoms. The van der Waals surface area contributed by atoms with E-state index < -0.39 is 11.9 Å². The van der Waals surface area contributed by atoms with Crippen molar-refractivity contribution in [3.8, 4) is 0 Å². The van der Waals surface area contributed by atoms with E-state index in [0.717, 1.165) is 43.9 Å². The van der Waals surface area contributed by atoms with Crippen LogP contribution in [0.5, 0.6) is 0 Å². The Balaban J connectivity index is 1.34. The zero-order valence-electron chi connectivity index (χ0n) is 18.6. The molecule has 2 heterocycles. The van der Waals surface area contributed by atoms with Gasteiger partial charge in [-0.1, -0.05) is 11.6 Å². The van der Waals surface area contributed by atoms with E-state index in [9.17, 15) is 18.0 Å². The summed E-state index contributed by atoms with van der Waals surface area (Å²) in [4.78, 5) is 16.7. The summed E-state index contributed by atoms with van der Waals surface area (Å²) in [6, 6.07) is 5.51. The fraction of sp³-hybridized carbons (Fsp3) is 0.458. The zero-order chi connectivity index (χ0) is 24.0. The number of halogens is 4. The molecule has 0 aliphatic heterocycles. The van der Waals surface area contributed by atoms with Gasteiger partial charge in [-0.05, 0) is 62.8 Å². The Labute approximate surface area is 199 Å². The van der Waals surface area contributed by atoms with Gasteiger partial charge < -0.3 is 10.6 Å². The highest BCUT2D eigenvalue weighted by Crippen LogP contribution is 2.41. The van der Waals surface area contributed by atoms with Gasteiger partial charge in [-0.15, -0.1) is 0 Å². The number of carbonyl (C=O) groups is 1. The summed E-state index contributed by atoms with van der Waals surface area (Å²) < 4.78 is 42.0. The molecule has 34 heavy (non-hydrogen) atoms. The Bertz CT molecular complexity index is 1240. The highest BCUT2D eigenvalue weighted by molar-refractivity contribution is 6.31. The summed E-state index contributed by atoms with van der Waals surface area (Å²) >= 11 is 6.11. The number of anilines is 1. The number of alkyl halides is 3. The number of hydrogen-bond acceptors (Lipinski definition) is 4. The maximum absolute atomic E-state index is 13.4. The molecule has 180 valence electrons. The lowest BCUT2D eigenvalue weighted by molar-refractivity contribution is -0.140. The van der Waals surface area contributed by atoms with Crippen molar-refractivity contribution >= 4 is 34.1 Å². The van der Waals surface area contributed by atoms with Gasteiger partial charge in [0.15, 0.2) is 0 Å². The highest BCUT2D eigenvalue weighted by Gasteiger charge is 2.35. The van der Waals surface area contributed by atoms with Crippen LogP contribution < -0.4 is 10.6 Å². The second kappa shape index (κ2) is 8.76. The number of nitrogens with zero attached hydrogens (tertiary/aromatic N) is 3. The number of aryl methyl sites for hydroxylation is 1. The molecule has 0 bridgehead atoms. The molecule has 2 aliphatic rings. The van der Waals surface area contributed by atoms with E-state index in [1.54, 1.807) is 16.9 Å². The Hall–Kier alpha value is -2.81. The van der Waals surface area contributed by atoms with Crippen LogP contribution >= 0.6 is 11.6 Å². The van der Waals surface area contributed by atoms with Crippen LogP contribution in [0, 0.1) is 0 Å². The van der Waals surface area contributed by atoms with Crippen LogP contribution in [-0.4, -0.2) is 32.8 Å². The quantitative estimate of drug-likeness (QED) is 0.482. The standard InChI is InChI=1S/C24H25ClF3N5O/c1-33-12-18(22(32-33)13-5-6-13)23(34)30-16-4-2-3-15(10-16)29-20-11-21(24(26,27)28)31-19-8-7-14(25)9-17(19)20/h7-9,11-13,15-16H,2-6,10H2,1H3,(H,29,31)(H,30,34)/t15-,16+/m0/s1. The molecular weight excluding hydrogens is 467 g/mol. The summed E-state index contributed by atoms with van der Waals surface area (Å²) in [5.41, 5.74) is 1.09. The molecule has 1 aromatic carbocycles. The zero-order valence-corrected chi connectivity index (χ0v) is 19.4. The average Bonchev–Trinajstić information content (AvgIpc) is 3.54. The third-order valence-electron chi connectivity index (χ3n) is 6.50. The molecule has 2 saturated carbocycles. The number of rotatable bonds is 5. The lowest BCUT2D eigenvalue weighted by atomic mass is 9.90. The van der Waals surface area contributed by atoms with Crippen molar-refractivity contribution in [2.24, 2.45) is 7.05 Å². The molecule has 6 nitrogen and oxygen atoms in total. The van der Waals surface area contributed by atoms with Crippen molar-refractivity contribution in [2.45, 2.75) is 62.7 Å². The summed E-state index contributed by atoms with van der Waals surface area (Å²) in [5.74, 6) is 0.221. The third-order valence-corrected chi connectivity index (χ3v) is 6.73. The van der Waals surface area contributed by atoms with E-state index in [0.29, 0.717) is 34.0 Å². The second-order valence-electron chi connectivity index (χ2n) is 9.27. The number of nitrogens with one attached hydrogen (secondary N) is 2. The molecule has 0 radical (unpaired) electrons. The van der Waals surface area contributed by atoms with Crippen LogP contribution in [0.15, 0.2) is 30.5 Å². The molecule has 5 rings (SSSR count). The minimum Gasteiger partial charge on any atom is -0.382 e. The minimum absolute atomic E-state index is 0.0789. The highest BCUT2D eigenvalue weighted by atomic mass is 35.5. The van der Waals surface area contributed by atoms with E-state index >= 15 is 0 Å². The van der Waals surface area contributed by atoms with Gasteiger partial charge in [0.05, 0.1) is 16.8 Å². The fourth-order valence-electron chi connectivity index (χ4n) is 4.74. The summed E-state index contributed by atoms with van der Waals surface area (Å²) in [6.45, 7) is 0. The molecule has 2 fully saturated rings. The number of benzene rings is 1. The van der Waals surface area contributed by atoms with E-state index in [2.05, 4.69) is 20.7 Å². The van der Waals surface area contributed by atoms with Crippen LogP contribution in [0.4, 0.5) is 18.9 Å². The first-order valence-electron chi connectivity index (χ1n) is 11.5. The monoisotopic (exact) mass is 491 g/mol. The van der Waals surface area contributed by atoms with Crippen LogP contribution in [0.2, 0.25) is 5.02 Å². The van der Waals surface area contributed by atoms with Gasteiger partial charge in [0.2, 0.25) is 0 Å². The lowest BCUT2D eigenvalue weighted by Crippen LogP contribution is -2.42. The predicted molar refractivity (Wildman–Crippen MR) is 124 cm³/mol. The van der Waals surface area contributed by atoms with Gasteiger partial charge in [-0.25, -0.2) is 4.98 Å². The summed E-state index contributed by atoms with van der Waals surface area (Å²) in [7, 11) is 1.81. The molecule has 2 aromatic heterocycles.